The van der Waals surface area contributed by atoms with Crippen molar-refractivity contribution in [2.24, 2.45) is 7.05 Å². The molecule has 2 amide bonds. The Bertz CT molecular complexity index is 779. The number of hydrogen-bond acceptors (Lipinski definition) is 5. The molecule has 2 aromatic rings. The lowest BCUT2D eigenvalue weighted by Gasteiger charge is -2.08. The number of benzene rings is 1. The number of rotatable bonds is 4. The number of nitrogens with zero attached hydrogens (tertiary/aromatic N) is 3. The maximum Gasteiger partial charge on any atom is 0.451 e. The van der Waals surface area contributed by atoms with Crippen molar-refractivity contribution in [1.82, 2.24) is 25.6 Å². The minimum atomic E-state index is -4.63. The summed E-state index contributed by atoms with van der Waals surface area (Å²) >= 11 is 6.45. The molecule has 1 aromatic carbocycles. The van der Waals surface area contributed by atoms with Crippen LogP contribution in [0, 0.1) is 0 Å². The van der Waals surface area contributed by atoms with Crippen molar-refractivity contribution in [3.63, 3.8) is 0 Å². The van der Waals surface area contributed by atoms with Gasteiger partial charge in [0.1, 0.15) is 0 Å². The van der Waals surface area contributed by atoms with Gasteiger partial charge in [0.25, 0.3) is 5.91 Å². The minimum absolute atomic E-state index is 0.0773. The highest BCUT2D eigenvalue weighted by Crippen LogP contribution is 2.29. The zero-order valence-corrected chi connectivity index (χ0v) is 14.2. The third-order valence-corrected chi connectivity index (χ3v) is 4.11. The van der Waals surface area contributed by atoms with Crippen LogP contribution in [0.4, 0.5) is 13.2 Å². The molecule has 1 heterocycles. The molecule has 0 atom stereocenters. The Hall–Kier alpha value is -2.27. The summed E-state index contributed by atoms with van der Waals surface area (Å²) < 4.78 is 38.5. The van der Waals surface area contributed by atoms with Gasteiger partial charge in [0.05, 0.1) is 5.75 Å². The van der Waals surface area contributed by atoms with E-state index in [-0.39, 0.29) is 16.5 Å². The van der Waals surface area contributed by atoms with Gasteiger partial charge in [-0.2, -0.15) is 13.2 Å². The van der Waals surface area contributed by atoms with Gasteiger partial charge >= 0.3 is 6.18 Å². The molecule has 2 N–H and O–H groups in total. The SMILES string of the molecule is Cn1c(SCC(=O)NNC(=O)c2ccc(Cl)cc2)nnc1C(F)(F)F. The largest absolute Gasteiger partial charge is 0.451 e. The molecule has 0 aliphatic carbocycles. The molecule has 0 saturated carbocycles. The summed E-state index contributed by atoms with van der Waals surface area (Å²) in [5.74, 6) is -2.60. The van der Waals surface area contributed by atoms with E-state index in [1.54, 1.807) is 0 Å². The summed E-state index contributed by atoms with van der Waals surface area (Å²) in [6.07, 6.45) is -4.63. The molecule has 0 aliphatic heterocycles. The quantitative estimate of drug-likeness (QED) is 0.613. The van der Waals surface area contributed by atoms with Crippen LogP contribution in [0.5, 0.6) is 0 Å². The van der Waals surface area contributed by atoms with Crippen molar-refractivity contribution in [1.29, 1.82) is 0 Å². The highest BCUT2D eigenvalue weighted by atomic mass is 35.5. The molecule has 0 fully saturated rings. The molecule has 1 aromatic heterocycles. The Morgan fingerprint density at radius 1 is 1.20 bits per heavy atom. The van der Waals surface area contributed by atoms with Gasteiger partial charge in [-0.1, -0.05) is 23.4 Å². The highest BCUT2D eigenvalue weighted by molar-refractivity contribution is 7.99. The smallest absolute Gasteiger partial charge is 0.302 e. The van der Waals surface area contributed by atoms with Gasteiger partial charge in [-0.3, -0.25) is 20.4 Å². The number of nitrogens with one attached hydrogen (secondary N) is 2. The first kappa shape index (κ1) is 19.1. The lowest BCUT2D eigenvalue weighted by Crippen LogP contribution is -2.42. The first-order chi connectivity index (χ1) is 11.7. The van der Waals surface area contributed by atoms with Crippen LogP contribution in [0.15, 0.2) is 29.4 Å². The molecule has 0 radical (unpaired) electrons. The van der Waals surface area contributed by atoms with Gasteiger partial charge in [0.15, 0.2) is 5.16 Å². The van der Waals surface area contributed by atoms with Crippen molar-refractivity contribution >= 4 is 35.2 Å². The second-order valence-corrected chi connectivity index (χ2v) is 6.04. The molecule has 0 unspecified atom stereocenters. The highest BCUT2D eigenvalue weighted by Gasteiger charge is 2.37. The van der Waals surface area contributed by atoms with E-state index in [0.717, 1.165) is 23.4 Å². The predicted molar refractivity (Wildman–Crippen MR) is 83.8 cm³/mol. The van der Waals surface area contributed by atoms with Crippen LogP contribution >= 0.6 is 23.4 Å². The van der Waals surface area contributed by atoms with Crippen LogP contribution in [0.1, 0.15) is 16.2 Å². The molecule has 0 spiro atoms. The Balaban J connectivity index is 1.84. The van der Waals surface area contributed by atoms with Gasteiger partial charge < -0.3 is 4.57 Å². The molecule has 7 nitrogen and oxygen atoms in total. The lowest BCUT2D eigenvalue weighted by atomic mass is 10.2. The summed E-state index contributed by atoms with van der Waals surface area (Å²) in [5, 5.41) is 6.80. The Kier molecular flexibility index (Phi) is 5.90. The zero-order valence-electron chi connectivity index (χ0n) is 12.6. The standard InChI is InChI=1S/C13H11ClF3N5O2S/c1-22-11(13(15,16)17)20-21-12(22)25-6-9(23)18-19-10(24)7-2-4-8(14)5-3-7/h2-5H,6H2,1H3,(H,18,23)(H,19,24). The topological polar surface area (TPSA) is 88.9 Å². The van der Waals surface area contributed by atoms with Gasteiger partial charge in [-0.15, -0.1) is 10.2 Å². The monoisotopic (exact) mass is 393 g/mol. The average Bonchev–Trinajstić information content (AvgIpc) is 2.92. The van der Waals surface area contributed by atoms with Gasteiger partial charge in [0, 0.05) is 17.6 Å². The maximum absolute atomic E-state index is 12.6. The van der Waals surface area contributed by atoms with E-state index >= 15 is 0 Å². The van der Waals surface area contributed by atoms with Crippen LogP contribution in [0.25, 0.3) is 0 Å². The van der Waals surface area contributed by atoms with Crippen molar-refractivity contribution in [2.75, 3.05) is 5.75 Å². The Morgan fingerprint density at radius 2 is 1.84 bits per heavy atom. The Morgan fingerprint density at radius 3 is 2.40 bits per heavy atom. The van der Waals surface area contributed by atoms with Crippen molar-refractivity contribution < 1.29 is 22.8 Å². The number of carbonyl (C=O) groups is 2. The van der Waals surface area contributed by atoms with Gasteiger partial charge in [-0.05, 0) is 24.3 Å². The van der Waals surface area contributed by atoms with E-state index in [4.69, 9.17) is 11.6 Å². The molecule has 25 heavy (non-hydrogen) atoms. The second-order valence-electron chi connectivity index (χ2n) is 4.66. The fourth-order valence-corrected chi connectivity index (χ4v) is 2.49. The van der Waals surface area contributed by atoms with Crippen LogP contribution in [-0.4, -0.2) is 32.3 Å². The number of aromatic nitrogens is 3. The Labute approximate surface area is 148 Å². The van der Waals surface area contributed by atoms with E-state index in [2.05, 4.69) is 21.0 Å². The number of hydrogen-bond donors (Lipinski definition) is 2. The summed E-state index contributed by atoms with van der Waals surface area (Å²) in [4.78, 5) is 23.4. The van der Waals surface area contributed by atoms with E-state index in [0.29, 0.717) is 5.02 Å². The maximum atomic E-state index is 12.6. The van der Waals surface area contributed by atoms with E-state index in [1.165, 1.54) is 24.3 Å². The van der Waals surface area contributed by atoms with Crippen molar-refractivity contribution in [3.05, 3.63) is 40.7 Å². The molecule has 0 bridgehead atoms. The number of amides is 2. The molecule has 12 heteroatoms. The van der Waals surface area contributed by atoms with E-state index in [1.807, 2.05) is 0 Å². The molecule has 2 rings (SSSR count). The van der Waals surface area contributed by atoms with Crippen LogP contribution in [0.2, 0.25) is 5.02 Å². The minimum Gasteiger partial charge on any atom is -0.302 e. The second kappa shape index (κ2) is 7.74. The van der Waals surface area contributed by atoms with Crippen molar-refractivity contribution in [3.8, 4) is 0 Å². The third-order valence-electron chi connectivity index (χ3n) is 2.84. The van der Waals surface area contributed by atoms with Gasteiger partial charge in [-0.25, -0.2) is 0 Å². The number of hydrazine groups is 1. The van der Waals surface area contributed by atoms with E-state index < -0.39 is 23.8 Å². The normalized spacial score (nSPS) is 11.2. The fourth-order valence-electron chi connectivity index (χ4n) is 1.65. The summed E-state index contributed by atoms with van der Waals surface area (Å²) in [6, 6.07) is 5.97. The summed E-state index contributed by atoms with van der Waals surface area (Å²) in [7, 11) is 1.14. The number of thioether (sulfide) groups is 1. The number of halogens is 4. The first-order valence-corrected chi connectivity index (χ1v) is 7.99. The zero-order chi connectivity index (χ0) is 18.6. The molecule has 0 aliphatic rings. The fraction of sp³-hybridized carbons (Fsp3) is 0.231. The molecular formula is C13H11ClF3N5O2S. The molecule has 134 valence electrons. The summed E-state index contributed by atoms with van der Waals surface area (Å²) in [5.41, 5.74) is 4.61. The molecular weight excluding hydrogens is 383 g/mol. The van der Waals surface area contributed by atoms with Crippen LogP contribution in [0.3, 0.4) is 0 Å². The number of carbonyl (C=O) groups excluding carboxylic acids is 2. The lowest BCUT2D eigenvalue weighted by molar-refractivity contribution is -0.147. The number of alkyl halides is 3. The molecule has 0 saturated heterocycles. The summed E-state index contributed by atoms with van der Waals surface area (Å²) in [6.45, 7) is 0. The van der Waals surface area contributed by atoms with Gasteiger partial charge in [0.2, 0.25) is 11.7 Å². The van der Waals surface area contributed by atoms with Crippen LogP contribution < -0.4 is 10.9 Å². The third kappa shape index (κ3) is 5.10. The van der Waals surface area contributed by atoms with E-state index in [9.17, 15) is 22.8 Å². The first-order valence-electron chi connectivity index (χ1n) is 6.62. The average molecular weight is 394 g/mol. The van der Waals surface area contributed by atoms with Crippen LogP contribution in [-0.2, 0) is 18.0 Å². The van der Waals surface area contributed by atoms with Crippen molar-refractivity contribution in [2.45, 2.75) is 11.3 Å². The predicted octanol–water partition coefficient (Wildman–Crippen LogP) is 2.04.